The minimum Gasteiger partial charge on any atom is -0.381 e. The van der Waals surface area contributed by atoms with Crippen LogP contribution in [0.1, 0.15) is 27.8 Å². The lowest BCUT2D eigenvalue weighted by molar-refractivity contribution is 0.217. The third-order valence-corrected chi connectivity index (χ3v) is 3.53. The summed E-state index contributed by atoms with van der Waals surface area (Å²) in [6.45, 7) is 3.97. The molecule has 0 aliphatic heterocycles. The summed E-state index contributed by atoms with van der Waals surface area (Å²) in [5.74, 6) is 0. The zero-order chi connectivity index (χ0) is 10.8. The van der Waals surface area contributed by atoms with E-state index >= 15 is 0 Å². The Labute approximate surface area is 93.2 Å². The molecule has 2 aromatic rings. The monoisotopic (exact) mass is 219 g/mol. The van der Waals surface area contributed by atoms with Crippen LogP contribution < -0.4 is 0 Å². The Hall–Kier alpha value is -1.19. The third kappa shape index (κ3) is 1.94. The van der Waals surface area contributed by atoms with Gasteiger partial charge in [-0.1, -0.05) is 6.07 Å². The van der Waals surface area contributed by atoms with Crippen molar-refractivity contribution in [2.24, 2.45) is 0 Å². The van der Waals surface area contributed by atoms with Crippen molar-refractivity contribution in [3.8, 4) is 0 Å². The highest BCUT2D eigenvalue weighted by Crippen LogP contribution is 2.29. The summed E-state index contributed by atoms with van der Waals surface area (Å²) < 4.78 is 0. The zero-order valence-corrected chi connectivity index (χ0v) is 9.58. The normalized spacial score (nSPS) is 12.7. The number of rotatable bonds is 2. The second-order valence-electron chi connectivity index (χ2n) is 3.58. The summed E-state index contributed by atoms with van der Waals surface area (Å²) in [4.78, 5) is 5.22. The van der Waals surface area contributed by atoms with E-state index < -0.39 is 6.10 Å². The molecule has 0 aliphatic rings. The predicted octanol–water partition coefficient (Wildman–Crippen LogP) is 2.84. The van der Waals surface area contributed by atoms with Crippen molar-refractivity contribution in [3.63, 3.8) is 0 Å². The van der Waals surface area contributed by atoms with Crippen LogP contribution in [0.2, 0.25) is 0 Å². The maximum Gasteiger partial charge on any atom is 0.131 e. The van der Waals surface area contributed by atoms with E-state index in [0.717, 1.165) is 21.7 Å². The highest BCUT2D eigenvalue weighted by atomic mass is 32.1. The van der Waals surface area contributed by atoms with Crippen LogP contribution in [0.4, 0.5) is 0 Å². The molecule has 3 heteroatoms. The molecule has 1 unspecified atom stereocenters. The fraction of sp³-hybridized carbons (Fsp3) is 0.250. The Kier molecular flexibility index (Phi) is 2.84. The van der Waals surface area contributed by atoms with Crippen LogP contribution in [0.25, 0.3) is 0 Å². The maximum atomic E-state index is 10.2. The van der Waals surface area contributed by atoms with Gasteiger partial charge in [-0.3, -0.25) is 4.98 Å². The van der Waals surface area contributed by atoms with Gasteiger partial charge in [0.25, 0.3) is 0 Å². The van der Waals surface area contributed by atoms with Crippen molar-refractivity contribution < 1.29 is 5.11 Å². The van der Waals surface area contributed by atoms with Crippen LogP contribution in [0.15, 0.2) is 29.8 Å². The summed E-state index contributed by atoms with van der Waals surface area (Å²) in [7, 11) is 0. The number of hydrogen-bond acceptors (Lipinski definition) is 3. The fourth-order valence-electron chi connectivity index (χ4n) is 1.57. The summed E-state index contributed by atoms with van der Waals surface area (Å²) in [6.07, 6.45) is 1.13. The minimum absolute atomic E-state index is 0.591. The largest absolute Gasteiger partial charge is 0.381 e. The third-order valence-electron chi connectivity index (χ3n) is 2.46. The van der Waals surface area contributed by atoms with E-state index in [9.17, 15) is 5.11 Å². The lowest BCUT2D eigenvalue weighted by atomic mass is 10.1. The van der Waals surface area contributed by atoms with Gasteiger partial charge >= 0.3 is 0 Å². The molecule has 1 N–H and O–H groups in total. The predicted molar refractivity (Wildman–Crippen MR) is 62.1 cm³/mol. The topological polar surface area (TPSA) is 33.1 Å². The molecule has 0 spiro atoms. The quantitative estimate of drug-likeness (QED) is 0.842. The number of aromatic nitrogens is 1. The van der Waals surface area contributed by atoms with E-state index in [2.05, 4.69) is 4.98 Å². The number of hydrogen-bond donors (Lipinski definition) is 1. The van der Waals surface area contributed by atoms with Crippen molar-refractivity contribution >= 4 is 11.3 Å². The Morgan fingerprint density at radius 2 is 2.07 bits per heavy atom. The van der Waals surface area contributed by atoms with Crippen LogP contribution in [-0.2, 0) is 0 Å². The van der Waals surface area contributed by atoms with Crippen LogP contribution in [-0.4, -0.2) is 10.1 Å². The second kappa shape index (κ2) is 4.13. The Morgan fingerprint density at radius 3 is 2.67 bits per heavy atom. The van der Waals surface area contributed by atoms with Crippen LogP contribution in [0.3, 0.4) is 0 Å². The van der Waals surface area contributed by atoms with Gasteiger partial charge in [0.2, 0.25) is 0 Å². The molecule has 2 nitrogen and oxygen atoms in total. The van der Waals surface area contributed by atoms with Gasteiger partial charge in [0.1, 0.15) is 6.10 Å². The molecule has 0 saturated heterocycles. The van der Waals surface area contributed by atoms with Gasteiger partial charge in [0.15, 0.2) is 0 Å². The summed E-state index contributed by atoms with van der Waals surface area (Å²) >= 11 is 1.57. The average Bonchev–Trinajstić information content (AvgIpc) is 2.64. The summed E-state index contributed by atoms with van der Waals surface area (Å²) in [6, 6.07) is 5.86. The van der Waals surface area contributed by atoms with Gasteiger partial charge in [-0.2, -0.15) is 0 Å². The molecule has 0 aliphatic carbocycles. The second-order valence-corrected chi connectivity index (χ2v) is 4.52. The highest BCUT2D eigenvalue weighted by molar-refractivity contribution is 7.10. The molecule has 0 aromatic carbocycles. The van der Waals surface area contributed by atoms with Gasteiger partial charge in [-0.05, 0) is 42.5 Å². The van der Waals surface area contributed by atoms with Gasteiger partial charge < -0.3 is 5.11 Å². The first-order valence-corrected chi connectivity index (χ1v) is 5.71. The Balaban J connectivity index is 2.41. The minimum atomic E-state index is -0.591. The van der Waals surface area contributed by atoms with Crippen LogP contribution >= 0.6 is 11.3 Å². The molecule has 0 fully saturated rings. The van der Waals surface area contributed by atoms with Crippen LogP contribution in [0.5, 0.6) is 0 Å². The van der Waals surface area contributed by atoms with Crippen molar-refractivity contribution in [1.29, 1.82) is 0 Å². The van der Waals surface area contributed by atoms with E-state index in [1.807, 2.05) is 37.4 Å². The molecule has 0 saturated carbocycles. The molecule has 1 atom stereocenters. The molecule has 2 rings (SSSR count). The van der Waals surface area contributed by atoms with Gasteiger partial charge in [-0.15, -0.1) is 11.3 Å². The molecular formula is C12H13NOS. The molecule has 0 amide bonds. The molecule has 78 valence electrons. The van der Waals surface area contributed by atoms with Gasteiger partial charge in [0, 0.05) is 11.1 Å². The first kappa shape index (κ1) is 10.3. The lowest BCUT2D eigenvalue weighted by Gasteiger charge is -2.11. The first-order valence-electron chi connectivity index (χ1n) is 4.83. The molecule has 0 radical (unpaired) electrons. The van der Waals surface area contributed by atoms with Crippen molar-refractivity contribution in [3.05, 3.63) is 51.5 Å². The molecule has 2 aromatic heterocycles. The fourth-order valence-corrected chi connectivity index (χ4v) is 2.49. The number of thiophene rings is 1. The van der Waals surface area contributed by atoms with E-state index in [1.54, 1.807) is 17.5 Å². The van der Waals surface area contributed by atoms with E-state index in [0.29, 0.717) is 0 Å². The molecule has 15 heavy (non-hydrogen) atoms. The molecule has 2 heterocycles. The number of nitrogens with zero attached hydrogens (tertiary/aromatic N) is 1. The molecular weight excluding hydrogens is 206 g/mol. The van der Waals surface area contributed by atoms with Gasteiger partial charge in [-0.25, -0.2) is 0 Å². The summed E-state index contributed by atoms with van der Waals surface area (Å²) in [5, 5.41) is 12.2. The highest BCUT2D eigenvalue weighted by Gasteiger charge is 2.16. The zero-order valence-electron chi connectivity index (χ0n) is 8.77. The smallest absolute Gasteiger partial charge is 0.131 e. The maximum absolute atomic E-state index is 10.2. The SMILES string of the molecule is Cc1cccnc1C(O)c1sccc1C. The van der Waals surface area contributed by atoms with Gasteiger partial charge in [0.05, 0.1) is 5.69 Å². The lowest BCUT2D eigenvalue weighted by Crippen LogP contribution is -2.03. The number of aliphatic hydroxyl groups excluding tert-OH is 1. The van der Waals surface area contributed by atoms with Crippen LogP contribution in [0, 0.1) is 13.8 Å². The standard InChI is InChI=1S/C12H13NOS/c1-8-4-3-6-13-10(8)11(14)12-9(2)5-7-15-12/h3-7,11,14H,1-2H3. The van der Waals surface area contributed by atoms with Crippen molar-refractivity contribution in [2.75, 3.05) is 0 Å². The molecule has 0 bridgehead atoms. The Morgan fingerprint density at radius 1 is 1.27 bits per heavy atom. The first-order chi connectivity index (χ1) is 7.20. The van der Waals surface area contributed by atoms with E-state index in [-0.39, 0.29) is 0 Å². The Bertz CT molecular complexity index is 464. The average molecular weight is 219 g/mol. The van der Waals surface area contributed by atoms with E-state index in [1.165, 1.54) is 0 Å². The van der Waals surface area contributed by atoms with Crippen molar-refractivity contribution in [1.82, 2.24) is 4.98 Å². The van der Waals surface area contributed by atoms with E-state index in [4.69, 9.17) is 0 Å². The number of aryl methyl sites for hydroxylation is 2. The van der Waals surface area contributed by atoms with Crippen molar-refractivity contribution in [2.45, 2.75) is 20.0 Å². The number of aliphatic hydroxyl groups is 1. The summed E-state index contributed by atoms with van der Waals surface area (Å²) in [5.41, 5.74) is 2.90. The number of pyridine rings is 1.